The number of nitrogens with zero attached hydrogens (tertiary/aromatic N) is 4. The number of hydrogen-bond acceptors (Lipinski definition) is 7. The van der Waals surface area contributed by atoms with E-state index in [9.17, 15) is 19.8 Å². The van der Waals surface area contributed by atoms with Gasteiger partial charge in [0.05, 0.1) is 39.0 Å². The SMILES string of the molecule is CCn1c(=O)c2c(nc(N[C@@H]3CCC[C@H]3O)n2Cc2ccc(OC)c(C)c2)n(CCO)c1=O. The zero-order valence-corrected chi connectivity index (χ0v) is 19.2. The molecule has 3 aromatic rings. The van der Waals surface area contributed by atoms with Crippen molar-refractivity contribution in [3.8, 4) is 5.75 Å². The molecule has 0 aliphatic heterocycles. The topological polar surface area (TPSA) is 124 Å². The molecule has 0 radical (unpaired) electrons. The standard InChI is InChI=1S/C23H31N5O5/c1-4-26-21(31)19-20(27(10-11-29)23(26)32)25-22(24-16-6-5-7-17(16)30)28(19)13-15-8-9-18(33-3)14(2)12-15/h8-9,12,16-17,29-30H,4-7,10-11,13H2,1-3H3,(H,24,25)/t16-,17-/m1/s1. The van der Waals surface area contributed by atoms with E-state index in [1.807, 2.05) is 25.1 Å². The number of methoxy groups -OCH3 is 1. The van der Waals surface area contributed by atoms with Gasteiger partial charge in [-0.3, -0.25) is 18.5 Å². The summed E-state index contributed by atoms with van der Waals surface area (Å²) in [6.07, 6.45) is 1.88. The average Bonchev–Trinajstić information content (AvgIpc) is 3.35. The zero-order valence-electron chi connectivity index (χ0n) is 19.2. The maximum absolute atomic E-state index is 13.4. The number of ether oxygens (including phenoxy) is 1. The second-order valence-corrected chi connectivity index (χ2v) is 8.45. The first-order valence-corrected chi connectivity index (χ1v) is 11.3. The number of nitrogens with one attached hydrogen (secondary N) is 1. The van der Waals surface area contributed by atoms with E-state index >= 15 is 0 Å². The van der Waals surface area contributed by atoms with E-state index in [1.54, 1.807) is 18.6 Å². The van der Waals surface area contributed by atoms with Crippen LogP contribution < -0.4 is 21.3 Å². The molecule has 0 bridgehead atoms. The Morgan fingerprint density at radius 2 is 2.00 bits per heavy atom. The third kappa shape index (κ3) is 4.16. The van der Waals surface area contributed by atoms with Gasteiger partial charge in [0.1, 0.15) is 5.75 Å². The molecule has 1 aromatic carbocycles. The Hall–Kier alpha value is -3.11. The van der Waals surface area contributed by atoms with E-state index in [2.05, 4.69) is 10.3 Å². The fraction of sp³-hybridized carbons (Fsp3) is 0.522. The monoisotopic (exact) mass is 457 g/mol. The van der Waals surface area contributed by atoms with Gasteiger partial charge >= 0.3 is 5.69 Å². The lowest BCUT2D eigenvalue weighted by molar-refractivity contribution is 0.171. The van der Waals surface area contributed by atoms with Gasteiger partial charge in [-0.2, -0.15) is 4.98 Å². The Morgan fingerprint density at radius 1 is 1.21 bits per heavy atom. The lowest BCUT2D eigenvalue weighted by Crippen LogP contribution is -2.40. The van der Waals surface area contributed by atoms with Crippen molar-refractivity contribution in [1.29, 1.82) is 0 Å². The molecule has 33 heavy (non-hydrogen) atoms. The molecule has 10 nitrogen and oxygen atoms in total. The fourth-order valence-electron chi connectivity index (χ4n) is 4.63. The van der Waals surface area contributed by atoms with Crippen LogP contribution in [0.1, 0.15) is 37.3 Å². The van der Waals surface area contributed by atoms with Gasteiger partial charge in [-0.15, -0.1) is 0 Å². The lowest BCUT2D eigenvalue weighted by Gasteiger charge is -2.18. The Bertz CT molecular complexity index is 1270. The van der Waals surface area contributed by atoms with Gasteiger partial charge in [-0.05, 0) is 50.3 Å². The van der Waals surface area contributed by atoms with Gasteiger partial charge in [0.2, 0.25) is 5.95 Å². The largest absolute Gasteiger partial charge is 0.496 e. The van der Waals surface area contributed by atoms with Crippen LogP contribution in [0, 0.1) is 6.92 Å². The van der Waals surface area contributed by atoms with E-state index in [0.29, 0.717) is 18.9 Å². The van der Waals surface area contributed by atoms with Crippen LogP contribution in [0.5, 0.6) is 5.75 Å². The highest BCUT2D eigenvalue weighted by molar-refractivity contribution is 5.74. The molecule has 178 valence electrons. The van der Waals surface area contributed by atoms with Crippen LogP contribution in [-0.2, 0) is 19.6 Å². The van der Waals surface area contributed by atoms with Crippen LogP contribution >= 0.6 is 0 Å². The number of benzene rings is 1. The third-order valence-electron chi connectivity index (χ3n) is 6.35. The molecule has 1 aliphatic rings. The van der Waals surface area contributed by atoms with Crippen molar-refractivity contribution in [3.63, 3.8) is 0 Å². The molecule has 0 unspecified atom stereocenters. The summed E-state index contributed by atoms with van der Waals surface area (Å²) in [7, 11) is 1.62. The number of fused-ring (bicyclic) bond motifs is 1. The van der Waals surface area contributed by atoms with Crippen molar-refractivity contribution in [3.05, 3.63) is 50.2 Å². The van der Waals surface area contributed by atoms with Gasteiger partial charge in [-0.25, -0.2) is 4.79 Å². The van der Waals surface area contributed by atoms with E-state index in [1.165, 1.54) is 4.57 Å². The molecule has 1 saturated carbocycles. The number of aryl methyl sites for hydroxylation is 1. The minimum Gasteiger partial charge on any atom is -0.496 e. The van der Waals surface area contributed by atoms with Crippen molar-refractivity contribution < 1.29 is 14.9 Å². The molecule has 0 amide bonds. The van der Waals surface area contributed by atoms with Crippen molar-refractivity contribution in [2.24, 2.45) is 0 Å². The number of aliphatic hydroxyl groups is 2. The summed E-state index contributed by atoms with van der Waals surface area (Å²) in [5.74, 6) is 1.19. The summed E-state index contributed by atoms with van der Waals surface area (Å²) in [4.78, 5) is 30.9. The summed E-state index contributed by atoms with van der Waals surface area (Å²) in [5.41, 5.74) is 1.48. The maximum atomic E-state index is 13.4. The van der Waals surface area contributed by atoms with Crippen LogP contribution in [0.3, 0.4) is 0 Å². The van der Waals surface area contributed by atoms with E-state index in [4.69, 9.17) is 4.74 Å². The first-order valence-electron chi connectivity index (χ1n) is 11.3. The quantitative estimate of drug-likeness (QED) is 0.462. The molecule has 2 atom stereocenters. The summed E-state index contributed by atoms with van der Waals surface area (Å²) in [5, 5.41) is 23.2. The Balaban J connectivity index is 1.93. The van der Waals surface area contributed by atoms with Crippen LogP contribution in [0.25, 0.3) is 11.2 Å². The first kappa shape index (κ1) is 23.1. The predicted octanol–water partition coefficient (Wildman–Crippen LogP) is 1.06. The Morgan fingerprint density at radius 3 is 2.61 bits per heavy atom. The minimum absolute atomic E-state index is 0.0275. The van der Waals surface area contributed by atoms with Gasteiger partial charge < -0.3 is 20.3 Å². The molecule has 2 heterocycles. The van der Waals surface area contributed by atoms with Gasteiger partial charge in [0.15, 0.2) is 11.2 Å². The van der Waals surface area contributed by atoms with Crippen molar-refractivity contribution in [1.82, 2.24) is 18.7 Å². The molecule has 3 N–H and O–H groups in total. The average molecular weight is 458 g/mol. The number of hydrogen-bond donors (Lipinski definition) is 3. The summed E-state index contributed by atoms with van der Waals surface area (Å²) in [6, 6.07) is 5.60. The molecular weight excluding hydrogens is 426 g/mol. The highest BCUT2D eigenvalue weighted by Gasteiger charge is 2.28. The van der Waals surface area contributed by atoms with E-state index in [-0.39, 0.29) is 36.9 Å². The highest BCUT2D eigenvalue weighted by atomic mass is 16.5. The predicted molar refractivity (Wildman–Crippen MR) is 125 cm³/mol. The minimum atomic E-state index is -0.506. The number of anilines is 1. The lowest BCUT2D eigenvalue weighted by atomic mass is 10.1. The van der Waals surface area contributed by atoms with Gasteiger partial charge in [-0.1, -0.05) is 12.1 Å². The number of imidazole rings is 1. The summed E-state index contributed by atoms with van der Waals surface area (Å²) >= 11 is 0. The molecule has 2 aromatic heterocycles. The number of aliphatic hydroxyl groups excluding tert-OH is 2. The first-order chi connectivity index (χ1) is 15.9. The maximum Gasteiger partial charge on any atom is 0.332 e. The van der Waals surface area contributed by atoms with E-state index < -0.39 is 17.4 Å². The number of rotatable bonds is 8. The normalized spacial score (nSPS) is 18.2. The second kappa shape index (κ2) is 9.40. The fourth-order valence-corrected chi connectivity index (χ4v) is 4.63. The molecule has 1 aliphatic carbocycles. The van der Waals surface area contributed by atoms with Crippen LogP contribution in [0.15, 0.2) is 27.8 Å². The third-order valence-corrected chi connectivity index (χ3v) is 6.35. The van der Waals surface area contributed by atoms with Crippen molar-refractivity contribution in [2.45, 2.75) is 64.9 Å². The zero-order chi connectivity index (χ0) is 23.7. The van der Waals surface area contributed by atoms with Crippen molar-refractivity contribution >= 4 is 17.1 Å². The van der Waals surface area contributed by atoms with Crippen molar-refractivity contribution in [2.75, 3.05) is 19.0 Å². The molecule has 1 fully saturated rings. The molecule has 0 saturated heterocycles. The van der Waals surface area contributed by atoms with Gasteiger partial charge in [0.25, 0.3) is 5.56 Å². The number of aromatic nitrogens is 4. The van der Waals surface area contributed by atoms with Gasteiger partial charge in [0, 0.05) is 6.54 Å². The molecule has 4 rings (SSSR count). The summed E-state index contributed by atoms with van der Waals surface area (Å²) < 4.78 is 9.62. The Kier molecular flexibility index (Phi) is 6.57. The molecule has 10 heteroatoms. The Labute approximate surface area is 191 Å². The molecule has 0 spiro atoms. The molecular formula is C23H31N5O5. The smallest absolute Gasteiger partial charge is 0.332 e. The highest BCUT2D eigenvalue weighted by Crippen LogP contribution is 2.26. The van der Waals surface area contributed by atoms with Crippen LogP contribution in [0.2, 0.25) is 0 Å². The summed E-state index contributed by atoms with van der Waals surface area (Å²) in [6.45, 7) is 3.99. The van der Waals surface area contributed by atoms with Crippen LogP contribution in [0.4, 0.5) is 5.95 Å². The second-order valence-electron chi connectivity index (χ2n) is 8.45. The van der Waals surface area contributed by atoms with Crippen LogP contribution in [-0.4, -0.2) is 54.8 Å². The van der Waals surface area contributed by atoms with E-state index in [0.717, 1.165) is 34.3 Å².